The molecule has 0 saturated heterocycles. The third-order valence-electron chi connectivity index (χ3n) is 2.86. The van der Waals surface area contributed by atoms with E-state index in [1.165, 1.54) is 0 Å². The zero-order valence-corrected chi connectivity index (χ0v) is 9.59. The number of nitrogens with two attached hydrogens (primary N) is 1. The number of nitrogens with zero attached hydrogens (tertiary/aromatic N) is 1. The van der Waals surface area contributed by atoms with Gasteiger partial charge in [-0.05, 0) is 37.8 Å². The fraction of sp³-hybridized carbons (Fsp3) is 0.545. The number of nitrogens with one attached hydrogen (secondary N) is 1. The second-order valence-electron chi connectivity index (χ2n) is 4.25. The molecule has 1 aromatic heterocycles. The summed E-state index contributed by atoms with van der Waals surface area (Å²) in [5.74, 6) is 0. The van der Waals surface area contributed by atoms with Gasteiger partial charge in [0.1, 0.15) is 5.15 Å². The quantitative estimate of drug-likeness (QED) is 0.760. The van der Waals surface area contributed by atoms with Crippen LogP contribution in [-0.4, -0.2) is 17.1 Å². The first kappa shape index (κ1) is 10.7. The molecule has 1 aliphatic carbocycles. The zero-order valence-electron chi connectivity index (χ0n) is 8.83. The summed E-state index contributed by atoms with van der Waals surface area (Å²) >= 11 is 5.86. The highest BCUT2D eigenvalue weighted by Crippen LogP contribution is 2.23. The van der Waals surface area contributed by atoms with Crippen molar-refractivity contribution < 1.29 is 0 Å². The smallest absolute Gasteiger partial charge is 0.132 e. The Morgan fingerprint density at radius 3 is 2.93 bits per heavy atom. The van der Waals surface area contributed by atoms with Crippen LogP contribution in [0.5, 0.6) is 0 Å². The summed E-state index contributed by atoms with van der Waals surface area (Å²) in [5.41, 5.74) is 7.90. The number of pyridine rings is 1. The largest absolute Gasteiger partial charge is 0.381 e. The van der Waals surface area contributed by atoms with E-state index in [0.29, 0.717) is 17.2 Å². The molecule has 0 radical (unpaired) electrons. The Balaban J connectivity index is 2.02. The van der Waals surface area contributed by atoms with E-state index in [2.05, 4.69) is 10.3 Å². The van der Waals surface area contributed by atoms with Crippen LogP contribution in [0.3, 0.4) is 0 Å². The number of aryl methyl sites for hydroxylation is 1. The van der Waals surface area contributed by atoms with Crippen LogP contribution in [0.15, 0.2) is 12.3 Å². The summed E-state index contributed by atoms with van der Waals surface area (Å²) < 4.78 is 0. The molecule has 1 aliphatic rings. The molecule has 0 aliphatic heterocycles. The molecular formula is C11H16ClN3. The summed E-state index contributed by atoms with van der Waals surface area (Å²) in [4.78, 5) is 4.11. The SMILES string of the molecule is Cc1cc(NC2CCC(N)C2)cnc1Cl. The lowest BCUT2D eigenvalue weighted by molar-refractivity contribution is 0.687. The van der Waals surface area contributed by atoms with E-state index in [4.69, 9.17) is 17.3 Å². The van der Waals surface area contributed by atoms with E-state index in [1.807, 2.05) is 13.0 Å². The Morgan fingerprint density at radius 1 is 1.53 bits per heavy atom. The molecule has 2 rings (SSSR count). The van der Waals surface area contributed by atoms with Gasteiger partial charge in [-0.1, -0.05) is 11.6 Å². The van der Waals surface area contributed by atoms with Crippen molar-refractivity contribution in [3.63, 3.8) is 0 Å². The Labute approximate surface area is 95.0 Å². The molecule has 4 heteroatoms. The predicted molar refractivity (Wildman–Crippen MR) is 63.2 cm³/mol. The minimum absolute atomic E-state index is 0.351. The Kier molecular flexibility index (Phi) is 3.12. The predicted octanol–water partition coefficient (Wildman–Crippen LogP) is 2.34. The molecule has 2 unspecified atom stereocenters. The molecule has 2 atom stereocenters. The van der Waals surface area contributed by atoms with E-state index in [1.54, 1.807) is 6.20 Å². The Hall–Kier alpha value is -0.800. The van der Waals surface area contributed by atoms with Crippen molar-refractivity contribution in [2.75, 3.05) is 5.32 Å². The van der Waals surface area contributed by atoms with Crippen molar-refractivity contribution in [3.05, 3.63) is 23.0 Å². The van der Waals surface area contributed by atoms with Gasteiger partial charge in [-0.25, -0.2) is 4.98 Å². The standard InChI is InChI=1S/C11H16ClN3/c1-7-4-10(6-14-11(7)12)15-9-3-2-8(13)5-9/h4,6,8-9,15H,2-3,5,13H2,1H3. The maximum absolute atomic E-state index is 5.86. The average Bonchev–Trinajstić information content (AvgIpc) is 2.58. The molecule has 3 N–H and O–H groups in total. The van der Waals surface area contributed by atoms with E-state index in [9.17, 15) is 0 Å². The third-order valence-corrected chi connectivity index (χ3v) is 3.25. The van der Waals surface area contributed by atoms with Crippen LogP contribution >= 0.6 is 11.6 Å². The first-order valence-corrected chi connectivity index (χ1v) is 5.67. The lowest BCUT2D eigenvalue weighted by atomic mass is 10.2. The van der Waals surface area contributed by atoms with Gasteiger partial charge < -0.3 is 11.1 Å². The van der Waals surface area contributed by atoms with E-state index < -0.39 is 0 Å². The number of aromatic nitrogens is 1. The van der Waals surface area contributed by atoms with Gasteiger partial charge in [-0.2, -0.15) is 0 Å². The summed E-state index contributed by atoms with van der Waals surface area (Å²) in [5, 5.41) is 4.01. The number of anilines is 1. The zero-order chi connectivity index (χ0) is 10.8. The van der Waals surface area contributed by atoms with Gasteiger partial charge in [0.25, 0.3) is 0 Å². The molecule has 1 fully saturated rings. The van der Waals surface area contributed by atoms with Crippen molar-refractivity contribution in [3.8, 4) is 0 Å². The maximum atomic E-state index is 5.86. The minimum atomic E-state index is 0.351. The van der Waals surface area contributed by atoms with E-state index in [-0.39, 0.29) is 0 Å². The second kappa shape index (κ2) is 4.37. The number of hydrogen-bond acceptors (Lipinski definition) is 3. The van der Waals surface area contributed by atoms with Gasteiger partial charge in [0.15, 0.2) is 0 Å². The van der Waals surface area contributed by atoms with Crippen LogP contribution < -0.4 is 11.1 Å². The molecule has 0 aromatic carbocycles. The first-order valence-electron chi connectivity index (χ1n) is 5.29. The first-order chi connectivity index (χ1) is 7.15. The molecule has 0 bridgehead atoms. The lowest BCUT2D eigenvalue weighted by Crippen LogP contribution is -2.20. The highest BCUT2D eigenvalue weighted by Gasteiger charge is 2.21. The molecular weight excluding hydrogens is 210 g/mol. The molecule has 1 heterocycles. The molecule has 0 amide bonds. The van der Waals surface area contributed by atoms with Crippen LogP contribution in [-0.2, 0) is 0 Å². The van der Waals surface area contributed by atoms with Gasteiger partial charge in [0, 0.05) is 12.1 Å². The van der Waals surface area contributed by atoms with Crippen molar-refractivity contribution in [2.24, 2.45) is 5.73 Å². The van der Waals surface area contributed by atoms with Gasteiger partial charge in [-0.3, -0.25) is 0 Å². The molecule has 82 valence electrons. The number of rotatable bonds is 2. The fourth-order valence-corrected chi connectivity index (χ4v) is 2.12. The summed E-state index contributed by atoms with van der Waals surface area (Å²) in [7, 11) is 0. The summed E-state index contributed by atoms with van der Waals surface area (Å²) in [6.07, 6.45) is 5.07. The Bertz CT molecular complexity index is 354. The summed E-state index contributed by atoms with van der Waals surface area (Å²) in [6.45, 7) is 1.96. The van der Waals surface area contributed by atoms with Crippen LogP contribution in [0.4, 0.5) is 5.69 Å². The molecule has 3 nitrogen and oxygen atoms in total. The number of halogens is 1. The van der Waals surface area contributed by atoms with Crippen molar-refractivity contribution in [1.29, 1.82) is 0 Å². The van der Waals surface area contributed by atoms with Crippen LogP contribution in [0, 0.1) is 6.92 Å². The van der Waals surface area contributed by atoms with Crippen LogP contribution in [0.1, 0.15) is 24.8 Å². The molecule has 15 heavy (non-hydrogen) atoms. The Morgan fingerprint density at radius 2 is 2.33 bits per heavy atom. The van der Waals surface area contributed by atoms with Crippen molar-refractivity contribution in [1.82, 2.24) is 4.98 Å². The van der Waals surface area contributed by atoms with Gasteiger partial charge in [0.2, 0.25) is 0 Å². The highest BCUT2D eigenvalue weighted by molar-refractivity contribution is 6.30. The van der Waals surface area contributed by atoms with E-state index >= 15 is 0 Å². The second-order valence-corrected chi connectivity index (χ2v) is 4.60. The van der Waals surface area contributed by atoms with E-state index in [0.717, 1.165) is 30.5 Å². The summed E-state index contributed by atoms with van der Waals surface area (Å²) in [6, 6.07) is 2.87. The van der Waals surface area contributed by atoms with Crippen molar-refractivity contribution >= 4 is 17.3 Å². The molecule has 1 aromatic rings. The fourth-order valence-electron chi connectivity index (χ4n) is 2.02. The van der Waals surface area contributed by atoms with Gasteiger partial charge >= 0.3 is 0 Å². The average molecular weight is 226 g/mol. The molecule has 0 spiro atoms. The van der Waals surface area contributed by atoms with Crippen LogP contribution in [0.2, 0.25) is 5.15 Å². The topological polar surface area (TPSA) is 50.9 Å². The maximum Gasteiger partial charge on any atom is 0.132 e. The molecule has 1 saturated carbocycles. The number of hydrogen-bond donors (Lipinski definition) is 2. The third kappa shape index (κ3) is 2.61. The van der Waals surface area contributed by atoms with Gasteiger partial charge in [0.05, 0.1) is 11.9 Å². The highest BCUT2D eigenvalue weighted by atomic mass is 35.5. The van der Waals surface area contributed by atoms with Crippen LogP contribution in [0.25, 0.3) is 0 Å². The normalized spacial score (nSPS) is 25.5. The van der Waals surface area contributed by atoms with Crippen molar-refractivity contribution in [2.45, 2.75) is 38.3 Å². The lowest BCUT2D eigenvalue weighted by Gasteiger charge is -2.14. The monoisotopic (exact) mass is 225 g/mol. The minimum Gasteiger partial charge on any atom is -0.381 e. The van der Waals surface area contributed by atoms with Gasteiger partial charge in [-0.15, -0.1) is 0 Å².